The quantitative estimate of drug-likeness (QED) is 0.629. The van der Waals surface area contributed by atoms with E-state index in [0.29, 0.717) is 16.9 Å². The Labute approximate surface area is 101 Å². The van der Waals surface area contributed by atoms with Crippen molar-refractivity contribution in [1.29, 1.82) is 0 Å². The Morgan fingerprint density at radius 2 is 1.94 bits per heavy atom. The Morgan fingerprint density at radius 1 is 1.18 bits per heavy atom. The van der Waals surface area contributed by atoms with Gasteiger partial charge < -0.3 is 4.42 Å². The van der Waals surface area contributed by atoms with Gasteiger partial charge in [-0.05, 0) is 31.1 Å². The summed E-state index contributed by atoms with van der Waals surface area (Å²) in [4.78, 5) is 12.3. The number of fused-ring (bicyclic) bond motifs is 1. The molecular weight excluding hydrogens is 212 g/mol. The number of ketones is 1. The van der Waals surface area contributed by atoms with E-state index in [-0.39, 0.29) is 5.78 Å². The fraction of sp³-hybridized carbons (Fsp3) is 0.133. The SMILES string of the molecule is C=C1C(=O)c2c(C)coc2/C=C/C=C\C=C\1C. The summed E-state index contributed by atoms with van der Waals surface area (Å²) in [5, 5.41) is 0. The molecule has 1 aliphatic rings. The Hall–Kier alpha value is -2.09. The molecule has 2 heteroatoms. The van der Waals surface area contributed by atoms with Gasteiger partial charge in [0.1, 0.15) is 5.76 Å². The molecule has 1 aliphatic carbocycles. The zero-order valence-corrected chi connectivity index (χ0v) is 9.99. The lowest BCUT2D eigenvalue weighted by molar-refractivity contribution is 0.103. The van der Waals surface area contributed by atoms with Gasteiger partial charge in [-0.2, -0.15) is 0 Å². The molecule has 0 amide bonds. The molecule has 0 saturated carbocycles. The lowest BCUT2D eigenvalue weighted by atomic mass is 9.96. The highest BCUT2D eigenvalue weighted by Gasteiger charge is 2.20. The zero-order valence-electron chi connectivity index (χ0n) is 9.99. The molecule has 0 unspecified atom stereocenters. The smallest absolute Gasteiger partial charge is 0.196 e. The summed E-state index contributed by atoms with van der Waals surface area (Å²) < 4.78 is 5.37. The lowest BCUT2D eigenvalue weighted by Crippen LogP contribution is -2.05. The highest BCUT2D eigenvalue weighted by atomic mass is 16.3. The van der Waals surface area contributed by atoms with E-state index in [1.807, 2.05) is 38.2 Å². The van der Waals surface area contributed by atoms with Crippen LogP contribution in [0.1, 0.15) is 28.6 Å². The topological polar surface area (TPSA) is 30.2 Å². The van der Waals surface area contributed by atoms with Crippen LogP contribution >= 0.6 is 0 Å². The molecule has 0 atom stereocenters. The molecule has 0 aromatic carbocycles. The highest BCUT2D eigenvalue weighted by Crippen LogP contribution is 2.24. The molecule has 86 valence electrons. The van der Waals surface area contributed by atoms with Crippen LogP contribution in [0, 0.1) is 6.92 Å². The van der Waals surface area contributed by atoms with E-state index in [1.165, 1.54) is 0 Å². The molecule has 0 spiro atoms. The van der Waals surface area contributed by atoms with Crippen molar-refractivity contribution >= 4 is 11.9 Å². The van der Waals surface area contributed by atoms with Crippen molar-refractivity contribution in [2.75, 3.05) is 0 Å². The second-order valence-electron chi connectivity index (χ2n) is 4.06. The number of allylic oxidation sites excluding steroid dienone is 6. The molecule has 0 fully saturated rings. The van der Waals surface area contributed by atoms with Gasteiger partial charge in [-0.1, -0.05) is 30.9 Å². The largest absolute Gasteiger partial charge is 0.464 e. The molecule has 1 aromatic heterocycles. The first-order valence-corrected chi connectivity index (χ1v) is 5.45. The van der Waals surface area contributed by atoms with Crippen LogP contribution in [0.5, 0.6) is 0 Å². The van der Waals surface area contributed by atoms with Crippen LogP contribution < -0.4 is 0 Å². The normalized spacial score (nSPS) is 22.6. The monoisotopic (exact) mass is 226 g/mol. The van der Waals surface area contributed by atoms with E-state index >= 15 is 0 Å². The van der Waals surface area contributed by atoms with Crippen LogP contribution in [0.4, 0.5) is 0 Å². The third-order valence-corrected chi connectivity index (χ3v) is 2.80. The zero-order chi connectivity index (χ0) is 12.4. The molecule has 0 bridgehead atoms. The molecule has 1 heterocycles. The third kappa shape index (κ3) is 2.07. The maximum absolute atomic E-state index is 12.3. The average Bonchev–Trinajstić information content (AvgIpc) is 2.67. The van der Waals surface area contributed by atoms with Gasteiger partial charge in [-0.3, -0.25) is 4.79 Å². The number of furan rings is 1. The number of carbonyl (C=O) groups is 1. The summed E-state index contributed by atoms with van der Waals surface area (Å²) in [5.41, 5.74) is 2.83. The molecule has 2 rings (SSSR count). The van der Waals surface area contributed by atoms with Crippen LogP contribution in [0.2, 0.25) is 0 Å². The van der Waals surface area contributed by atoms with Gasteiger partial charge in [0.2, 0.25) is 0 Å². The minimum Gasteiger partial charge on any atom is -0.464 e. The van der Waals surface area contributed by atoms with E-state index in [2.05, 4.69) is 6.58 Å². The van der Waals surface area contributed by atoms with Crippen LogP contribution in [0.25, 0.3) is 6.08 Å². The lowest BCUT2D eigenvalue weighted by Gasteiger charge is -2.06. The van der Waals surface area contributed by atoms with Crippen molar-refractivity contribution in [1.82, 2.24) is 0 Å². The Balaban J connectivity index is 2.62. The molecule has 17 heavy (non-hydrogen) atoms. The van der Waals surface area contributed by atoms with Gasteiger partial charge in [-0.25, -0.2) is 0 Å². The first kappa shape index (κ1) is 11.4. The maximum Gasteiger partial charge on any atom is 0.196 e. The van der Waals surface area contributed by atoms with E-state index in [9.17, 15) is 4.79 Å². The molecule has 0 N–H and O–H groups in total. The first-order chi connectivity index (χ1) is 8.11. The summed E-state index contributed by atoms with van der Waals surface area (Å²) in [6, 6.07) is 0. The fourth-order valence-electron chi connectivity index (χ4n) is 1.72. The van der Waals surface area contributed by atoms with Crippen molar-refractivity contribution in [3.05, 3.63) is 65.2 Å². The number of aryl methyl sites for hydroxylation is 1. The predicted molar refractivity (Wildman–Crippen MR) is 68.8 cm³/mol. The van der Waals surface area contributed by atoms with Gasteiger partial charge >= 0.3 is 0 Å². The maximum atomic E-state index is 12.3. The molecular formula is C15H14O2. The van der Waals surface area contributed by atoms with E-state index < -0.39 is 0 Å². The minimum atomic E-state index is -0.0695. The number of hydrogen-bond acceptors (Lipinski definition) is 2. The molecule has 0 aliphatic heterocycles. The summed E-state index contributed by atoms with van der Waals surface area (Å²) in [5.74, 6) is 0.521. The van der Waals surface area contributed by atoms with Crippen LogP contribution in [-0.2, 0) is 0 Å². The standard InChI is InChI=1S/C15H14O2/c1-10-7-5-4-6-8-13-14(11(2)9-17-13)15(16)12(10)3/h4-9H,3H2,1-2H3/b5-4-,8-6+,10-7+. The predicted octanol–water partition coefficient (Wildman–Crippen LogP) is 3.86. The summed E-state index contributed by atoms with van der Waals surface area (Å²) >= 11 is 0. The second kappa shape index (κ2) is 4.42. The Bertz CT molecular complexity index is 566. The second-order valence-corrected chi connectivity index (χ2v) is 4.06. The Morgan fingerprint density at radius 3 is 2.71 bits per heavy atom. The summed E-state index contributed by atoms with van der Waals surface area (Å²) in [6.07, 6.45) is 10.9. The van der Waals surface area contributed by atoms with Gasteiger partial charge in [0, 0.05) is 5.57 Å². The van der Waals surface area contributed by atoms with Gasteiger partial charge in [0.25, 0.3) is 0 Å². The molecule has 2 nitrogen and oxygen atoms in total. The first-order valence-electron chi connectivity index (χ1n) is 5.45. The number of Topliss-reactive ketones (excluding diaryl/α,β-unsaturated/α-hetero) is 1. The van der Waals surface area contributed by atoms with Crippen molar-refractivity contribution in [3.8, 4) is 0 Å². The van der Waals surface area contributed by atoms with E-state index in [4.69, 9.17) is 4.42 Å². The van der Waals surface area contributed by atoms with Crippen LogP contribution in [-0.4, -0.2) is 5.78 Å². The van der Waals surface area contributed by atoms with Crippen molar-refractivity contribution in [3.63, 3.8) is 0 Å². The number of hydrogen-bond donors (Lipinski definition) is 0. The summed E-state index contributed by atoms with van der Waals surface area (Å²) in [7, 11) is 0. The highest BCUT2D eigenvalue weighted by molar-refractivity contribution is 6.13. The van der Waals surface area contributed by atoms with Gasteiger partial charge in [0.05, 0.1) is 11.8 Å². The number of rotatable bonds is 0. The molecule has 0 radical (unpaired) electrons. The Kier molecular flexibility index (Phi) is 2.96. The molecule has 1 aromatic rings. The number of carbonyl (C=O) groups excluding carboxylic acids is 1. The molecule has 0 saturated heterocycles. The van der Waals surface area contributed by atoms with Crippen molar-refractivity contribution < 1.29 is 9.21 Å². The van der Waals surface area contributed by atoms with Gasteiger partial charge in [0.15, 0.2) is 5.78 Å². The van der Waals surface area contributed by atoms with Crippen LogP contribution in [0.15, 0.2) is 52.7 Å². The fourth-order valence-corrected chi connectivity index (χ4v) is 1.72. The minimum absolute atomic E-state index is 0.0695. The van der Waals surface area contributed by atoms with E-state index in [0.717, 1.165) is 11.1 Å². The van der Waals surface area contributed by atoms with Crippen molar-refractivity contribution in [2.45, 2.75) is 13.8 Å². The van der Waals surface area contributed by atoms with Gasteiger partial charge in [-0.15, -0.1) is 0 Å². The summed E-state index contributed by atoms with van der Waals surface area (Å²) in [6.45, 7) is 7.60. The van der Waals surface area contributed by atoms with Crippen molar-refractivity contribution in [2.24, 2.45) is 0 Å². The average molecular weight is 226 g/mol. The third-order valence-electron chi connectivity index (χ3n) is 2.80. The van der Waals surface area contributed by atoms with Crippen LogP contribution in [0.3, 0.4) is 0 Å². The van der Waals surface area contributed by atoms with E-state index in [1.54, 1.807) is 12.3 Å².